The Balaban J connectivity index is 1.46. The lowest BCUT2D eigenvalue weighted by Crippen LogP contribution is -2.49. The van der Waals surface area contributed by atoms with Gasteiger partial charge in [0, 0.05) is 31.7 Å². The van der Waals surface area contributed by atoms with E-state index in [0.29, 0.717) is 5.56 Å². The number of para-hydroxylation sites is 3. The second kappa shape index (κ2) is 9.05. The van der Waals surface area contributed by atoms with Crippen molar-refractivity contribution in [1.82, 2.24) is 10.3 Å². The molecule has 7 nitrogen and oxygen atoms in total. The van der Waals surface area contributed by atoms with Crippen molar-refractivity contribution < 1.29 is 14.6 Å². The number of carbonyl (C=O) groups is 1. The number of hydrogen-bond acceptors (Lipinski definition) is 6. The Kier molecular flexibility index (Phi) is 6.27. The van der Waals surface area contributed by atoms with E-state index in [1.165, 1.54) is 6.21 Å². The fourth-order valence-electron chi connectivity index (χ4n) is 3.05. The van der Waals surface area contributed by atoms with Crippen LogP contribution in [-0.2, 0) is 4.79 Å². The number of anilines is 1. The molecule has 1 fully saturated rings. The Hall–Kier alpha value is -3.06. The predicted octanol–water partition coefficient (Wildman–Crippen LogP) is 1.67. The summed E-state index contributed by atoms with van der Waals surface area (Å²) < 4.78 is 5.43. The van der Waals surface area contributed by atoms with Crippen LogP contribution in [0.3, 0.4) is 0 Å². The molecule has 1 aliphatic rings. The summed E-state index contributed by atoms with van der Waals surface area (Å²) in [6, 6.07) is 14.8. The lowest BCUT2D eigenvalue weighted by molar-refractivity contribution is -0.122. The molecule has 1 aliphatic heterocycles. The monoisotopic (exact) mass is 368 g/mol. The Morgan fingerprint density at radius 3 is 2.59 bits per heavy atom. The molecule has 0 spiro atoms. The molecule has 7 heteroatoms. The lowest BCUT2D eigenvalue weighted by atomic mass is 10.2. The van der Waals surface area contributed by atoms with Crippen LogP contribution in [0, 0.1) is 0 Å². The Morgan fingerprint density at radius 1 is 1.15 bits per heavy atom. The van der Waals surface area contributed by atoms with E-state index in [1.807, 2.05) is 18.2 Å². The molecule has 0 aliphatic carbocycles. The van der Waals surface area contributed by atoms with Crippen LogP contribution in [0.2, 0.25) is 0 Å². The molecule has 1 amide bonds. The molecule has 0 saturated carbocycles. The first-order chi connectivity index (χ1) is 13.2. The topological polar surface area (TPSA) is 77.4 Å². The van der Waals surface area contributed by atoms with Gasteiger partial charge in [0.25, 0.3) is 5.91 Å². The highest BCUT2D eigenvalue weighted by Crippen LogP contribution is 2.28. The number of ether oxygens (including phenoxy) is 1. The highest BCUT2D eigenvalue weighted by Gasteiger charge is 2.20. The van der Waals surface area contributed by atoms with E-state index in [2.05, 4.69) is 26.4 Å². The zero-order valence-electron chi connectivity index (χ0n) is 15.3. The number of methoxy groups -OCH3 is 1. The fourth-order valence-corrected chi connectivity index (χ4v) is 3.05. The molecule has 2 aromatic rings. The van der Waals surface area contributed by atoms with Gasteiger partial charge < -0.3 is 14.7 Å². The maximum atomic E-state index is 12.1. The first-order valence-corrected chi connectivity index (χ1v) is 8.87. The van der Waals surface area contributed by atoms with Crippen molar-refractivity contribution in [2.24, 2.45) is 5.10 Å². The number of amides is 1. The number of phenols is 1. The number of rotatable bonds is 6. The van der Waals surface area contributed by atoms with Gasteiger partial charge in [-0.05, 0) is 24.3 Å². The number of phenolic OH excluding ortho intramolecular Hbond substituents is 1. The van der Waals surface area contributed by atoms with E-state index in [9.17, 15) is 9.90 Å². The number of aromatic hydroxyl groups is 1. The van der Waals surface area contributed by atoms with Crippen LogP contribution >= 0.6 is 0 Å². The van der Waals surface area contributed by atoms with Gasteiger partial charge in [-0.1, -0.05) is 24.3 Å². The van der Waals surface area contributed by atoms with Crippen molar-refractivity contribution in [1.29, 1.82) is 0 Å². The third-order valence-electron chi connectivity index (χ3n) is 4.50. The van der Waals surface area contributed by atoms with Crippen molar-refractivity contribution in [3.8, 4) is 11.5 Å². The smallest absolute Gasteiger partial charge is 0.254 e. The highest BCUT2D eigenvalue weighted by atomic mass is 16.5. The van der Waals surface area contributed by atoms with Crippen molar-refractivity contribution in [3.63, 3.8) is 0 Å². The maximum Gasteiger partial charge on any atom is 0.254 e. The molecule has 3 rings (SSSR count). The number of benzene rings is 2. The van der Waals surface area contributed by atoms with E-state index in [0.717, 1.165) is 37.6 Å². The number of carbonyl (C=O) groups excluding carboxylic acids is 1. The number of hydrazone groups is 1. The van der Waals surface area contributed by atoms with Crippen LogP contribution < -0.4 is 15.1 Å². The van der Waals surface area contributed by atoms with Crippen molar-refractivity contribution in [2.45, 2.75) is 0 Å². The first-order valence-electron chi connectivity index (χ1n) is 8.87. The molecule has 2 N–H and O–H groups in total. The largest absolute Gasteiger partial charge is 0.507 e. The van der Waals surface area contributed by atoms with E-state index in [-0.39, 0.29) is 18.2 Å². The average molecular weight is 368 g/mol. The molecule has 0 aromatic heterocycles. The summed E-state index contributed by atoms with van der Waals surface area (Å²) in [5.41, 5.74) is 4.15. The normalized spacial score (nSPS) is 15.1. The average Bonchev–Trinajstić information content (AvgIpc) is 2.70. The van der Waals surface area contributed by atoms with E-state index in [1.54, 1.807) is 31.4 Å². The Labute approximate surface area is 158 Å². The Morgan fingerprint density at radius 2 is 1.85 bits per heavy atom. The quantitative estimate of drug-likeness (QED) is 0.599. The molecule has 0 atom stereocenters. The summed E-state index contributed by atoms with van der Waals surface area (Å²) >= 11 is 0. The molecule has 1 saturated heterocycles. The molecule has 27 heavy (non-hydrogen) atoms. The van der Waals surface area contributed by atoms with E-state index >= 15 is 0 Å². The summed E-state index contributed by atoms with van der Waals surface area (Å²) in [6.07, 6.45) is 1.44. The van der Waals surface area contributed by atoms with Gasteiger partial charge in [0.1, 0.15) is 11.5 Å². The molecule has 2 aromatic carbocycles. The molecular weight excluding hydrogens is 344 g/mol. The van der Waals surface area contributed by atoms with Crippen molar-refractivity contribution in [2.75, 3.05) is 44.7 Å². The number of nitrogens with one attached hydrogen (secondary N) is 1. The summed E-state index contributed by atoms with van der Waals surface area (Å²) in [6.45, 7) is 3.52. The third kappa shape index (κ3) is 4.98. The second-order valence-electron chi connectivity index (χ2n) is 6.29. The lowest BCUT2D eigenvalue weighted by Gasteiger charge is -2.36. The molecule has 0 radical (unpaired) electrons. The number of piperazine rings is 1. The maximum absolute atomic E-state index is 12.1. The van der Waals surface area contributed by atoms with Crippen LogP contribution in [0.15, 0.2) is 53.6 Å². The van der Waals surface area contributed by atoms with Gasteiger partial charge in [0.05, 0.1) is 25.6 Å². The van der Waals surface area contributed by atoms with E-state index < -0.39 is 0 Å². The molecule has 0 unspecified atom stereocenters. The fraction of sp³-hybridized carbons (Fsp3) is 0.300. The number of nitrogens with zero attached hydrogens (tertiary/aromatic N) is 3. The van der Waals surface area contributed by atoms with Gasteiger partial charge in [-0.15, -0.1) is 0 Å². The van der Waals surface area contributed by atoms with Gasteiger partial charge in [-0.3, -0.25) is 9.69 Å². The van der Waals surface area contributed by atoms with Crippen LogP contribution in [-0.4, -0.2) is 62.0 Å². The zero-order valence-corrected chi connectivity index (χ0v) is 15.3. The molecule has 0 bridgehead atoms. The molecular formula is C20H24N4O3. The summed E-state index contributed by atoms with van der Waals surface area (Å²) in [4.78, 5) is 16.4. The second-order valence-corrected chi connectivity index (χ2v) is 6.29. The summed E-state index contributed by atoms with van der Waals surface area (Å²) in [7, 11) is 1.68. The molecule has 1 heterocycles. The van der Waals surface area contributed by atoms with Crippen molar-refractivity contribution >= 4 is 17.8 Å². The van der Waals surface area contributed by atoms with Crippen molar-refractivity contribution in [3.05, 3.63) is 54.1 Å². The van der Waals surface area contributed by atoms with Gasteiger partial charge >= 0.3 is 0 Å². The van der Waals surface area contributed by atoms with Crippen LogP contribution in [0.5, 0.6) is 11.5 Å². The van der Waals surface area contributed by atoms with Gasteiger partial charge in [0.15, 0.2) is 0 Å². The highest BCUT2D eigenvalue weighted by molar-refractivity contribution is 5.85. The SMILES string of the molecule is COc1ccccc1N1CCN(CC(=O)N/N=C\c2ccccc2O)CC1. The summed E-state index contributed by atoms with van der Waals surface area (Å²) in [5, 5.41) is 13.6. The van der Waals surface area contributed by atoms with Crippen LogP contribution in [0.25, 0.3) is 0 Å². The minimum absolute atomic E-state index is 0.128. The Bertz CT molecular complexity index is 801. The first kappa shape index (κ1) is 18.7. The third-order valence-corrected chi connectivity index (χ3v) is 4.50. The standard InChI is InChI=1S/C20H24N4O3/c1-27-19-9-5-3-7-17(19)24-12-10-23(11-13-24)15-20(26)22-21-14-16-6-2-4-8-18(16)25/h2-9,14,25H,10-13,15H2,1H3,(H,22,26)/b21-14-. The minimum atomic E-state index is -0.174. The zero-order chi connectivity index (χ0) is 19.1. The van der Waals surface area contributed by atoms with Gasteiger partial charge in [-0.2, -0.15) is 5.10 Å². The summed E-state index contributed by atoms with van der Waals surface area (Å²) in [5.74, 6) is 0.817. The number of hydrogen-bond donors (Lipinski definition) is 2. The van der Waals surface area contributed by atoms with Gasteiger partial charge in [-0.25, -0.2) is 5.43 Å². The predicted molar refractivity (Wildman–Crippen MR) is 105 cm³/mol. The minimum Gasteiger partial charge on any atom is -0.507 e. The van der Waals surface area contributed by atoms with E-state index in [4.69, 9.17) is 4.74 Å². The van der Waals surface area contributed by atoms with Gasteiger partial charge in [0.2, 0.25) is 0 Å². The van der Waals surface area contributed by atoms with Crippen LogP contribution in [0.1, 0.15) is 5.56 Å². The van der Waals surface area contributed by atoms with Crippen LogP contribution in [0.4, 0.5) is 5.69 Å². The molecule has 142 valence electrons.